The van der Waals surface area contributed by atoms with Crippen LogP contribution in [0.15, 0.2) is 42.6 Å². The van der Waals surface area contributed by atoms with Gasteiger partial charge in [-0.15, -0.1) is 0 Å². The molecule has 0 radical (unpaired) electrons. The number of unbranched alkanes of at least 4 members (excludes halogenated alkanes) is 2. The molecule has 24 heavy (non-hydrogen) atoms. The minimum absolute atomic E-state index is 0.0375. The average Bonchev–Trinajstić information content (AvgIpc) is 2.66. The quantitative estimate of drug-likeness (QED) is 0.674. The van der Waals surface area contributed by atoms with Crippen molar-refractivity contribution in [2.45, 2.75) is 51.2 Å². The van der Waals surface area contributed by atoms with Gasteiger partial charge in [0.1, 0.15) is 0 Å². The molecule has 0 spiro atoms. The molecule has 3 rings (SSSR count). The number of aromatic nitrogens is 2. The summed E-state index contributed by atoms with van der Waals surface area (Å²) in [5, 5.41) is 0. The fourth-order valence-corrected chi connectivity index (χ4v) is 2.92. The molecule has 1 atom stereocenters. The van der Waals surface area contributed by atoms with Crippen LogP contribution in [0.4, 0.5) is 0 Å². The Morgan fingerprint density at radius 2 is 1.96 bits per heavy atom. The highest BCUT2D eigenvalue weighted by atomic mass is 16.7. The van der Waals surface area contributed by atoms with E-state index >= 15 is 0 Å². The number of nitrogens with zero attached hydrogens (tertiary/aromatic N) is 2. The molecule has 4 heteroatoms. The summed E-state index contributed by atoms with van der Waals surface area (Å²) in [4.78, 5) is 9.08. The third-order valence-electron chi connectivity index (χ3n) is 4.25. The molecular weight excluding hydrogens is 300 g/mol. The normalized spacial score (nSPS) is 17.8. The Balaban J connectivity index is 1.36. The van der Waals surface area contributed by atoms with E-state index in [1.54, 1.807) is 6.20 Å². The molecule has 1 aliphatic rings. The van der Waals surface area contributed by atoms with Gasteiger partial charge in [0.05, 0.1) is 11.4 Å². The molecule has 1 unspecified atom stereocenters. The molecule has 1 fully saturated rings. The first-order chi connectivity index (χ1) is 11.9. The van der Waals surface area contributed by atoms with Crippen molar-refractivity contribution in [2.24, 2.45) is 0 Å². The number of ether oxygens (including phenoxy) is 2. The van der Waals surface area contributed by atoms with Gasteiger partial charge in [0.2, 0.25) is 0 Å². The Morgan fingerprint density at radius 1 is 1.00 bits per heavy atom. The van der Waals surface area contributed by atoms with E-state index in [0.29, 0.717) is 0 Å². The summed E-state index contributed by atoms with van der Waals surface area (Å²) >= 11 is 0. The van der Waals surface area contributed by atoms with Gasteiger partial charge < -0.3 is 9.47 Å². The van der Waals surface area contributed by atoms with E-state index in [-0.39, 0.29) is 6.29 Å². The zero-order chi connectivity index (χ0) is 16.5. The lowest BCUT2D eigenvalue weighted by molar-refractivity contribution is -0.162. The lowest BCUT2D eigenvalue weighted by Crippen LogP contribution is -2.22. The molecule has 128 valence electrons. The summed E-state index contributed by atoms with van der Waals surface area (Å²) in [6, 6.07) is 12.1. The molecule has 0 bridgehead atoms. The SMILES string of the molecule is c1ccc(-c2cccc(CCCCCOC3CCCCO3)n2)nc1. The smallest absolute Gasteiger partial charge is 0.157 e. The first-order valence-corrected chi connectivity index (χ1v) is 9.02. The summed E-state index contributed by atoms with van der Waals surface area (Å²) in [5.74, 6) is 0. The molecule has 3 heterocycles. The summed E-state index contributed by atoms with van der Waals surface area (Å²) in [6.45, 7) is 1.65. The summed E-state index contributed by atoms with van der Waals surface area (Å²) in [6.07, 6.45) is 9.66. The van der Waals surface area contributed by atoms with E-state index < -0.39 is 0 Å². The number of hydrogen-bond acceptors (Lipinski definition) is 4. The van der Waals surface area contributed by atoms with Crippen molar-refractivity contribution < 1.29 is 9.47 Å². The molecule has 1 aliphatic heterocycles. The fourth-order valence-electron chi connectivity index (χ4n) is 2.92. The van der Waals surface area contributed by atoms with Gasteiger partial charge in [0.25, 0.3) is 0 Å². The van der Waals surface area contributed by atoms with Crippen molar-refractivity contribution in [1.29, 1.82) is 0 Å². The number of hydrogen-bond donors (Lipinski definition) is 0. The average molecular weight is 326 g/mol. The molecule has 2 aromatic heterocycles. The summed E-state index contributed by atoms with van der Waals surface area (Å²) < 4.78 is 11.3. The largest absolute Gasteiger partial charge is 0.353 e. The van der Waals surface area contributed by atoms with Crippen LogP contribution in [0.5, 0.6) is 0 Å². The maximum atomic E-state index is 5.77. The Hall–Kier alpha value is -1.78. The van der Waals surface area contributed by atoms with Gasteiger partial charge in [-0.1, -0.05) is 18.6 Å². The molecule has 0 aliphatic carbocycles. The molecule has 0 amide bonds. The molecule has 2 aromatic rings. The van der Waals surface area contributed by atoms with E-state index in [2.05, 4.69) is 17.1 Å². The lowest BCUT2D eigenvalue weighted by Gasteiger charge is -2.22. The Labute approximate surface area is 144 Å². The Bertz CT molecular complexity index is 598. The highest BCUT2D eigenvalue weighted by Crippen LogP contribution is 2.16. The van der Waals surface area contributed by atoms with Gasteiger partial charge in [-0.25, -0.2) is 0 Å². The highest BCUT2D eigenvalue weighted by molar-refractivity contribution is 5.53. The van der Waals surface area contributed by atoms with Gasteiger partial charge in [-0.3, -0.25) is 9.97 Å². The van der Waals surface area contributed by atoms with Gasteiger partial charge in [0.15, 0.2) is 6.29 Å². The van der Waals surface area contributed by atoms with E-state index in [0.717, 1.165) is 62.4 Å². The predicted molar refractivity (Wildman–Crippen MR) is 94.6 cm³/mol. The van der Waals surface area contributed by atoms with Crippen molar-refractivity contribution in [3.05, 3.63) is 48.3 Å². The van der Waals surface area contributed by atoms with E-state index in [9.17, 15) is 0 Å². The second-order valence-electron chi connectivity index (χ2n) is 6.21. The van der Waals surface area contributed by atoms with Crippen molar-refractivity contribution in [1.82, 2.24) is 9.97 Å². The third-order valence-corrected chi connectivity index (χ3v) is 4.25. The maximum Gasteiger partial charge on any atom is 0.157 e. The van der Waals surface area contributed by atoms with Crippen LogP contribution in [0.25, 0.3) is 11.4 Å². The number of pyridine rings is 2. The summed E-state index contributed by atoms with van der Waals surface area (Å²) in [5.41, 5.74) is 3.01. The first-order valence-electron chi connectivity index (χ1n) is 9.02. The monoisotopic (exact) mass is 326 g/mol. The van der Waals surface area contributed by atoms with E-state index in [4.69, 9.17) is 14.5 Å². The van der Waals surface area contributed by atoms with Gasteiger partial charge in [-0.2, -0.15) is 0 Å². The maximum absolute atomic E-state index is 5.77. The van der Waals surface area contributed by atoms with Crippen LogP contribution in [0, 0.1) is 0 Å². The van der Waals surface area contributed by atoms with Crippen LogP contribution >= 0.6 is 0 Å². The zero-order valence-corrected chi connectivity index (χ0v) is 14.2. The molecule has 0 aromatic carbocycles. The molecule has 0 N–H and O–H groups in total. The minimum Gasteiger partial charge on any atom is -0.353 e. The van der Waals surface area contributed by atoms with Crippen molar-refractivity contribution >= 4 is 0 Å². The van der Waals surface area contributed by atoms with E-state index in [1.165, 1.54) is 12.8 Å². The second kappa shape index (κ2) is 9.50. The lowest BCUT2D eigenvalue weighted by atomic mass is 10.1. The van der Waals surface area contributed by atoms with Crippen LogP contribution < -0.4 is 0 Å². The van der Waals surface area contributed by atoms with Gasteiger partial charge >= 0.3 is 0 Å². The van der Waals surface area contributed by atoms with Crippen LogP contribution in [-0.4, -0.2) is 29.5 Å². The van der Waals surface area contributed by atoms with Crippen molar-refractivity contribution in [3.63, 3.8) is 0 Å². The summed E-state index contributed by atoms with van der Waals surface area (Å²) in [7, 11) is 0. The Kier molecular flexibility index (Phi) is 6.75. The van der Waals surface area contributed by atoms with Crippen LogP contribution in [0.1, 0.15) is 44.2 Å². The van der Waals surface area contributed by atoms with Crippen LogP contribution in [0.2, 0.25) is 0 Å². The van der Waals surface area contributed by atoms with Gasteiger partial charge in [0, 0.05) is 25.1 Å². The predicted octanol–water partition coefficient (Wildman–Crippen LogP) is 4.40. The first kappa shape index (κ1) is 17.1. The van der Waals surface area contributed by atoms with Crippen LogP contribution in [-0.2, 0) is 15.9 Å². The van der Waals surface area contributed by atoms with Gasteiger partial charge in [-0.05, 0) is 62.8 Å². The van der Waals surface area contributed by atoms with Crippen LogP contribution in [0.3, 0.4) is 0 Å². The standard InChI is InChI=1S/C20H26N2O2/c1(6-15-23-20-13-4-7-16-24-20)2-9-17-10-8-12-19(22-17)18-11-3-5-14-21-18/h3,5,8,10-12,14,20H,1-2,4,6-7,9,13,15-16H2. The van der Waals surface area contributed by atoms with E-state index in [1.807, 2.05) is 24.3 Å². The minimum atomic E-state index is 0.0375. The zero-order valence-electron chi connectivity index (χ0n) is 14.2. The van der Waals surface area contributed by atoms with Crippen molar-refractivity contribution in [3.8, 4) is 11.4 Å². The second-order valence-corrected chi connectivity index (χ2v) is 6.21. The topological polar surface area (TPSA) is 44.2 Å². The van der Waals surface area contributed by atoms with Crippen molar-refractivity contribution in [2.75, 3.05) is 13.2 Å². The Morgan fingerprint density at radius 3 is 2.79 bits per heavy atom. The molecular formula is C20H26N2O2. The number of rotatable bonds is 8. The molecule has 1 saturated heterocycles. The number of aryl methyl sites for hydroxylation is 1. The molecule has 0 saturated carbocycles. The molecule has 4 nitrogen and oxygen atoms in total. The highest BCUT2D eigenvalue weighted by Gasteiger charge is 2.13. The third kappa shape index (κ3) is 5.39. The fraction of sp³-hybridized carbons (Fsp3) is 0.500.